The molecule has 0 saturated carbocycles. The highest BCUT2D eigenvalue weighted by atomic mass is 16.1. The van der Waals surface area contributed by atoms with Gasteiger partial charge in [0.1, 0.15) is 0 Å². The largest absolute Gasteiger partial charge is 0.312 e. The second-order valence-electron chi connectivity index (χ2n) is 9.47. The summed E-state index contributed by atoms with van der Waals surface area (Å²) in [6.07, 6.45) is 1.21. The third kappa shape index (κ3) is 2.60. The Morgan fingerprint density at radius 2 is 1.48 bits per heavy atom. The molecule has 3 heterocycles. The molecule has 0 N–H and O–H groups in total. The Morgan fingerprint density at radius 3 is 2.35 bits per heavy atom. The molecule has 3 heteroatoms. The van der Waals surface area contributed by atoms with E-state index in [4.69, 9.17) is 0 Å². The molecule has 152 valence electrons. The minimum Gasteiger partial charge on any atom is -0.312 e. The fraction of sp³-hybridized carbons (Fsp3) is 0.250. The van der Waals surface area contributed by atoms with Crippen LogP contribution in [-0.2, 0) is 13.1 Å². The zero-order chi connectivity index (χ0) is 20.5. The number of aromatic nitrogens is 1. The molecular formula is C28H24N2O. The Hall–Kier alpha value is -3.17. The first-order chi connectivity index (χ1) is 15.2. The highest BCUT2D eigenvalue weighted by Gasteiger charge is 2.34. The summed E-state index contributed by atoms with van der Waals surface area (Å²) in [5, 5.41) is 8.15. The Balaban J connectivity index is 1.29. The van der Waals surface area contributed by atoms with E-state index in [2.05, 4.69) is 65.6 Å². The lowest BCUT2D eigenvalue weighted by Gasteiger charge is -2.43. The van der Waals surface area contributed by atoms with Crippen LogP contribution < -0.4 is 5.56 Å². The fourth-order valence-electron chi connectivity index (χ4n) is 6.30. The van der Waals surface area contributed by atoms with Gasteiger partial charge in [0, 0.05) is 43.9 Å². The van der Waals surface area contributed by atoms with E-state index >= 15 is 0 Å². The molecule has 0 radical (unpaired) electrons. The van der Waals surface area contributed by atoms with Crippen LogP contribution in [0.3, 0.4) is 0 Å². The number of hydrogen-bond donors (Lipinski definition) is 0. The lowest BCUT2D eigenvalue weighted by atomic mass is 9.83. The van der Waals surface area contributed by atoms with Gasteiger partial charge < -0.3 is 4.57 Å². The van der Waals surface area contributed by atoms with E-state index in [1.54, 1.807) is 6.07 Å². The number of piperidine rings is 1. The number of nitrogens with zero attached hydrogens (tertiary/aromatic N) is 2. The molecule has 1 aromatic heterocycles. The van der Waals surface area contributed by atoms with Crippen molar-refractivity contribution in [3.8, 4) is 0 Å². The normalized spacial score (nSPS) is 21.2. The van der Waals surface area contributed by atoms with Gasteiger partial charge in [-0.2, -0.15) is 0 Å². The molecule has 1 saturated heterocycles. The summed E-state index contributed by atoms with van der Waals surface area (Å²) in [5.74, 6) is 1.02. The van der Waals surface area contributed by atoms with Gasteiger partial charge in [0.15, 0.2) is 0 Å². The molecule has 2 aliphatic heterocycles. The van der Waals surface area contributed by atoms with Gasteiger partial charge in [-0.1, -0.05) is 60.7 Å². The average molecular weight is 405 g/mol. The molecule has 0 amide bonds. The molecular weight excluding hydrogens is 380 g/mol. The minimum atomic E-state index is 0.160. The van der Waals surface area contributed by atoms with Crippen LogP contribution in [0.4, 0.5) is 0 Å². The van der Waals surface area contributed by atoms with Crippen molar-refractivity contribution in [1.82, 2.24) is 9.47 Å². The van der Waals surface area contributed by atoms with Crippen molar-refractivity contribution < 1.29 is 0 Å². The van der Waals surface area contributed by atoms with E-state index in [-0.39, 0.29) is 5.56 Å². The molecule has 7 rings (SSSR count). The van der Waals surface area contributed by atoms with Crippen LogP contribution in [0.25, 0.3) is 32.3 Å². The van der Waals surface area contributed by atoms with Crippen molar-refractivity contribution >= 4 is 32.3 Å². The predicted molar refractivity (Wildman–Crippen MR) is 127 cm³/mol. The first-order valence-corrected chi connectivity index (χ1v) is 11.3. The summed E-state index contributed by atoms with van der Waals surface area (Å²) in [6.45, 7) is 3.93. The van der Waals surface area contributed by atoms with Crippen molar-refractivity contribution in [2.24, 2.45) is 5.92 Å². The van der Waals surface area contributed by atoms with Gasteiger partial charge in [-0.15, -0.1) is 0 Å². The van der Waals surface area contributed by atoms with Crippen LogP contribution in [0, 0.1) is 5.92 Å². The molecule has 31 heavy (non-hydrogen) atoms. The maximum Gasteiger partial charge on any atom is 0.250 e. The maximum absolute atomic E-state index is 12.3. The van der Waals surface area contributed by atoms with Gasteiger partial charge in [0.2, 0.25) is 0 Å². The zero-order valence-electron chi connectivity index (χ0n) is 17.4. The number of benzene rings is 4. The van der Waals surface area contributed by atoms with E-state index < -0.39 is 0 Å². The van der Waals surface area contributed by atoms with Gasteiger partial charge >= 0.3 is 0 Å². The summed E-state index contributed by atoms with van der Waals surface area (Å²) < 4.78 is 2.02. The van der Waals surface area contributed by atoms with Crippen molar-refractivity contribution in [2.75, 3.05) is 13.1 Å². The topological polar surface area (TPSA) is 25.2 Å². The standard InChI is InChI=1S/C28H24N2O/c31-26-6-2-5-25-23-13-18(15-30(25)26)14-29(17-23)16-22-10-9-21-8-7-19-3-1-4-20-11-12-24(22)28(21)27(19)20/h1-12,18,23H,13-17H2. The molecule has 2 atom stereocenters. The van der Waals surface area contributed by atoms with Gasteiger partial charge in [0.25, 0.3) is 5.56 Å². The molecule has 0 aliphatic carbocycles. The SMILES string of the molecule is O=c1cccc2n1CC1CC2CN(Cc2ccc3ccc4cccc5ccc2c3c45)C1. The average Bonchev–Trinajstić information content (AvgIpc) is 2.79. The summed E-state index contributed by atoms with van der Waals surface area (Å²) in [6, 6.07) is 26.1. The van der Waals surface area contributed by atoms with Crippen molar-refractivity contribution in [3.05, 3.63) is 94.4 Å². The number of likely N-dealkylation sites (tertiary alicyclic amines) is 1. The van der Waals surface area contributed by atoms with Gasteiger partial charge in [-0.25, -0.2) is 0 Å². The van der Waals surface area contributed by atoms with Crippen molar-refractivity contribution in [3.63, 3.8) is 0 Å². The molecule has 2 unspecified atom stereocenters. The molecule has 4 aromatic carbocycles. The second-order valence-corrected chi connectivity index (χ2v) is 9.47. The van der Waals surface area contributed by atoms with Gasteiger partial charge in [-0.3, -0.25) is 9.69 Å². The van der Waals surface area contributed by atoms with Crippen LogP contribution in [-0.4, -0.2) is 22.6 Å². The molecule has 2 bridgehead atoms. The monoisotopic (exact) mass is 404 g/mol. The summed E-state index contributed by atoms with van der Waals surface area (Å²) in [5.41, 5.74) is 2.80. The highest BCUT2D eigenvalue weighted by molar-refractivity contribution is 6.23. The van der Waals surface area contributed by atoms with E-state index in [0.29, 0.717) is 11.8 Å². The van der Waals surface area contributed by atoms with Crippen LogP contribution in [0.15, 0.2) is 77.6 Å². The first kappa shape index (κ1) is 17.5. The molecule has 3 nitrogen and oxygen atoms in total. The predicted octanol–water partition coefficient (Wildman–Crippen LogP) is 5.37. The third-order valence-electron chi connectivity index (χ3n) is 7.57. The van der Waals surface area contributed by atoms with Gasteiger partial charge in [0.05, 0.1) is 0 Å². The minimum absolute atomic E-state index is 0.160. The molecule has 2 aliphatic rings. The lowest BCUT2D eigenvalue weighted by Crippen LogP contribution is -2.46. The molecule has 5 aromatic rings. The number of fused-ring (bicyclic) bond motifs is 4. The summed E-state index contributed by atoms with van der Waals surface area (Å²) in [7, 11) is 0. The highest BCUT2D eigenvalue weighted by Crippen LogP contribution is 2.38. The number of hydrogen-bond acceptors (Lipinski definition) is 2. The Labute approximate surface area is 180 Å². The Morgan fingerprint density at radius 1 is 0.742 bits per heavy atom. The van der Waals surface area contributed by atoms with Gasteiger partial charge in [-0.05, 0) is 56.3 Å². The second kappa shape index (κ2) is 6.41. The van der Waals surface area contributed by atoms with E-state index in [1.165, 1.54) is 50.0 Å². The van der Waals surface area contributed by atoms with E-state index in [1.807, 2.05) is 10.6 Å². The van der Waals surface area contributed by atoms with Crippen molar-refractivity contribution in [1.29, 1.82) is 0 Å². The number of pyridine rings is 1. The third-order valence-corrected chi connectivity index (χ3v) is 7.57. The zero-order valence-corrected chi connectivity index (χ0v) is 17.4. The van der Waals surface area contributed by atoms with E-state index in [9.17, 15) is 4.79 Å². The van der Waals surface area contributed by atoms with Crippen LogP contribution >= 0.6 is 0 Å². The quantitative estimate of drug-likeness (QED) is 0.370. The maximum atomic E-state index is 12.3. The smallest absolute Gasteiger partial charge is 0.250 e. The molecule has 1 fully saturated rings. The lowest BCUT2D eigenvalue weighted by molar-refractivity contribution is 0.115. The number of rotatable bonds is 2. The Bertz CT molecular complexity index is 1500. The summed E-state index contributed by atoms with van der Waals surface area (Å²) >= 11 is 0. The van der Waals surface area contributed by atoms with E-state index in [0.717, 1.165) is 26.2 Å². The fourth-order valence-corrected chi connectivity index (χ4v) is 6.30. The van der Waals surface area contributed by atoms with Crippen LogP contribution in [0.2, 0.25) is 0 Å². The first-order valence-electron chi connectivity index (χ1n) is 11.3. The van der Waals surface area contributed by atoms with Crippen LogP contribution in [0.1, 0.15) is 23.6 Å². The van der Waals surface area contributed by atoms with Crippen molar-refractivity contribution in [2.45, 2.75) is 25.4 Å². The van der Waals surface area contributed by atoms with Crippen LogP contribution in [0.5, 0.6) is 0 Å². The molecule has 0 spiro atoms. The summed E-state index contributed by atoms with van der Waals surface area (Å²) in [4.78, 5) is 14.9. The Kier molecular flexibility index (Phi) is 3.62.